The Morgan fingerprint density at radius 1 is 1.32 bits per heavy atom. The van der Waals surface area contributed by atoms with Crippen LogP contribution < -0.4 is 0 Å². The van der Waals surface area contributed by atoms with E-state index in [4.69, 9.17) is 11.6 Å². The lowest BCUT2D eigenvalue weighted by Gasteiger charge is -2.35. The van der Waals surface area contributed by atoms with Gasteiger partial charge in [0.2, 0.25) is 0 Å². The molecule has 140 valence electrons. The molecule has 2 atom stereocenters. The lowest BCUT2D eigenvalue weighted by atomic mass is 9.95. The minimum atomic E-state index is 0.125. The highest BCUT2D eigenvalue weighted by atomic mass is 35.5. The van der Waals surface area contributed by atoms with E-state index in [1.54, 1.807) is 4.90 Å². The zero-order valence-corrected chi connectivity index (χ0v) is 16.3. The monoisotopic (exact) mass is 367 g/mol. The minimum absolute atomic E-state index is 0.125. The summed E-state index contributed by atoms with van der Waals surface area (Å²) in [5.41, 5.74) is 1.02. The van der Waals surface area contributed by atoms with E-state index in [0.29, 0.717) is 17.1 Å². The summed E-state index contributed by atoms with van der Waals surface area (Å²) in [5, 5.41) is 0.604. The fraction of sp³-hybridized carbons (Fsp3) is 0.778. The smallest absolute Gasteiger partial charge is 0.319 e. The van der Waals surface area contributed by atoms with Crippen molar-refractivity contribution in [1.29, 1.82) is 0 Å². The summed E-state index contributed by atoms with van der Waals surface area (Å²) in [7, 11) is 3.66. The average Bonchev–Trinajstić information content (AvgIpc) is 2.76. The molecule has 4 heterocycles. The molecule has 0 spiro atoms. The Labute approximate surface area is 155 Å². The number of amides is 2. The van der Waals surface area contributed by atoms with Gasteiger partial charge in [0.1, 0.15) is 5.82 Å². The van der Waals surface area contributed by atoms with E-state index in [9.17, 15) is 4.79 Å². The Morgan fingerprint density at radius 2 is 2.12 bits per heavy atom. The fourth-order valence-electron chi connectivity index (χ4n) is 4.02. The van der Waals surface area contributed by atoms with Crippen molar-refractivity contribution in [2.24, 2.45) is 5.92 Å². The molecule has 0 aromatic carbocycles. The predicted molar refractivity (Wildman–Crippen MR) is 99.8 cm³/mol. The molecule has 3 saturated heterocycles. The highest BCUT2D eigenvalue weighted by Gasteiger charge is 2.37. The number of aromatic amines is 1. The van der Waals surface area contributed by atoms with E-state index < -0.39 is 0 Å². The Balaban J connectivity index is 1.68. The summed E-state index contributed by atoms with van der Waals surface area (Å²) in [5.74, 6) is 1.54. The summed E-state index contributed by atoms with van der Waals surface area (Å²) in [4.78, 5) is 26.5. The second kappa shape index (κ2) is 7.96. The van der Waals surface area contributed by atoms with Crippen LogP contribution in [0.2, 0.25) is 5.15 Å². The number of halogens is 1. The third-order valence-corrected chi connectivity index (χ3v) is 5.70. The number of carbonyl (C=O) groups excluding carboxylic acids is 1. The Hall–Kier alpha value is -1.27. The number of carbonyl (C=O) groups is 1. The van der Waals surface area contributed by atoms with Crippen LogP contribution in [0.3, 0.4) is 0 Å². The molecule has 3 fully saturated rings. The summed E-state index contributed by atoms with van der Waals surface area (Å²) < 4.78 is 0. The van der Waals surface area contributed by atoms with Crippen molar-refractivity contribution in [3.05, 3.63) is 16.7 Å². The Bertz CT molecular complexity index is 602. The van der Waals surface area contributed by atoms with Crippen LogP contribution in [-0.2, 0) is 13.0 Å². The highest BCUT2D eigenvalue weighted by Crippen LogP contribution is 2.30. The van der Waals surface area contributed by atoms with Crippen LogP contribution >= 0.6 is 11.6 Å². The first-order valence-electron chi connectivity index (χ1n) is 9.41. The van der Waals surface area contributed by atoms with Crippen molar-refractivity contribution >= 4 is 17.6 Å². The number of fused-ring (bicyclic) bond motifs is 4. The molecule has 1 aromatic heterocycles. The van der Waals surface area contributed by atoms with Crippen LogP contribution in [0.4, 0.5) is 4.79 Å². The fourth-order valence-corrected chi connectivity index (χ4v) is 4.23. The second-order valence-corrected chi connectivity index (χ2v) is 8.02. The number of rotatable bonds is 5. The number of unbranched alkanes of at least 4 members (excludes halogenated alkanes) is 1. The summed E-state index contributed by atoms with van der Waals surface area (Å²) in [6.45, 7) is 5.68. The van der Waals surface area contributed by atoms with Gasteiger partial charge in [-0.3, -0.25) is 4.90 Å². The maximum Gasteiger partial charge on any atom is 0.319 e. The SMILES string of the molecule is CCCCc1nc(Cl)c(CN2C[C@H]3CC[C@@H]2CN(C(=O)N(C)C)C3)[nH]1. The number of nitrogens with zero attached hydrogens (tertiary/aromatic N) is 4. The Kier molecular flexibility index (Phi) is 5.89. The van der Waals surface area contributed by atoms with Gasteiger partial charge in [-0.15, -0.1) is 0 Å². The molecule has 1 N–H and O–H groups in total. The number of urea groups is 1. The lowest BCUT2D eigenvalue weighted by Crippen LogP contribution is -2.45. The summed E-state index contributed by atoms with van der Waals surface area (Å²) >= 11 is 6.37. The first kappa shape index (κ1) is 18.5. The predicted octanol–water partition coefficient (Wildman–Crippen LogP) is 2.98. The molecule has 25 heavy (non-hydrogen) atoms. The number of imidazole rings is 1. The normalized spacial score (nSPS) is 23.8. The first-order chi connectivity index (χ1) is 12.0. The van der Waals surface area contributed by atoms with Crippen molar-refractivity contribution < 1.29 is 4.79 Å². The molecular weight excluding hydrogens is 338 g/mol. The van der Waals surface area contributed by atoms with E-state index in [-0.39, 0.29) is 6.03 Å². The number of aromatic nitrogens is 2. The van der Waals surface area contributed by atoms with E-state index >= 15 is 0 Å². The number of H-pyrrole nitrogens is 1. The second-order valence-electron chi connectivity index (χ2n) is 7.67. The van der Waals surface area contributed by atoms with Gasteiger partial charge in [0, 0.05) is 52.7 Å². The molecule has 0 unspecified atom stereocenters. The van der Waals surface area contributed by atoms with E-state index in [0.717, 1.165) is 63.4 Å². The maximum absolute atomic E-state index is 12.4. The van der Waals surface area contributed by atoms with Crippen molar-refractivity contribution in [2.75, 3.05) is 33.7 Å². The number of hydrogen-bond acceptors (Lipinski definition) is 3. The van der Waals surface area contributed by atoms with Gasteiger partial charge < -0.3 is 14.8 Å². The highest BCUT2D eigenvalue weighted by molar-refractivity contribution is 6.30. The van der Waals surface area contributed by atoms with Gasteiger partial charge >= 0.3 is 6.03 Å². The molecular formula is C18H30ClN5O. The zero-order valence-electron chi connectivity index (χ0n) is 15.6. The number of aryl methyl sites for hydroxylation is 1. The lowest BCUT2D eigenvalue weighted by molar-refractivity contribution is 0.121. The van der Waals surface area contributed by atoms with Crippen LogP contribution in [0.15, 0.2) is 0 Å². The van der Waals surface area contributed by atoms with Crippen molar-refractivity contribution in [1.82, 2.24) is 24.7 Å². The third-order valence-electron chi connectivity index (χ3n) is 5.39. The van der Waals surface area contributed by atoms with E-state index in [2.05, 4.69) is 21.8 Å². The molecule has 2 amide bonds. The molecule has 3 aliphatic rings. The summed E-state index contributed by atoms with van der Waals surface area (Å²) in [6, 6.07) is 0.529. The van der Waals surface area contributed by atoms with Gasteiger partial charge in [0.05, 0.1) is 5.69 Å². The largest absolute Gasteiger partial charge is 0.344 e. The van der Waals surface area contributed by atoms with Gasteiger partial charge in [-0.05, 0) is 25.2 Å². The van der Waals surface area contributed by atoms with Crippen LogP contribution in [0.1, 0.15) is 44.1 Å². The van der Waals surface area contributed by atoms with Crippen LogP contribution in [-0.4, -0.2) is 70.5 Å². The molecule has 3 aliphatic heterocycles. The van der Waals surface area contributed by atoms with E-state index in [1.165, 1.54) is 6.42 Å². The molecule has 4 rings (SSSR count). The maximum atomic E-state index is 12.4. The number of hydrogen-bond donors (Lipinski definition) is 1. The quantitative estimate of drug-likeness (QED) is 0.870. The molecule has 1 aromatic rings. The van der Waals surface area contributed by atoms with Crippen molar-refractivity contribution in [2.45, 2.75) is 51.6 Å². The molecule has 0 saturated carbocycles. The van der Waals surface area contributed by atoms with Crippen LogP contribution in [0, 0.1) is 5.92 Å². The molecule has 0 aliphatic carbocycles. The van der Waals surface area contributed by atoms with Crippen LogP contribution in [0.5, 0.6) is 0 Å². The number of piperidine rings is 1. The van der Waals surface area contributed by atoms with Gasteiger partial charge in [-0.1, -0.05) is 24.9 Å². The standard InChI is InChI=1S/C18H30ClN5O/c1-4-5-6-16-20-15(17(19)21-16)12-23-9-13-7-8-14(23)11-24(10-13)18(25)22(2)3/h13-14H,4-12H2,1-3H3,(H,20,21)/t13-,14-/m1/s1. The molecule has 7 heteroatoms. The van der Waals surface area contributed by atoms with Gasteiger partial charge in [-0.25, -0.2) is 9.78 Å². The van der Waals surface area contributed by atoms with Crippen molar-refractivity contribution in [3.8, 4) is 0 Å². The van der Waals surface area contributed by atoms with Crippen molar-refractivity contribution in [3.63, 3.8) is 0 Å². The summed E-state index contributed by atoms with van der Waals surface area (Å²) in [6.07, 6.45) is 5.58. The van der Waals surface area contributed by atoms with Gasteiger partial charge in [-0.2, -0.15) is 0 Å². The van der Waals surface area contributed by atoms with Gasteiger partial charge in [0.15, 0.2) is 5.15 Å². The van der Waals surface area contributed by atoms with E-state index in [1.807, 2.05) is 19.0 Å². The first-order valence-corrected chi connectivity index (χ1v) is 9.79. The zero-order chi connectivity index (χ0) is 18.0. The van der Waals surface area contributed by atoms with Crippen LogP contribution in [0.25, 0.3) is 0 Å². The molecule has 2 bridgehead atoms. The molecule has 0 radical (unpaired) electrons. The minimum Gasteiger partial charge on any atom is -0.344 e. The third kappa shape index (κ3) is 4.29. The van der Waals surface area contributed by atoms with Gasteiger partial charge in [0.25, 0.3) is 0 Å². The average molecular weight is 368 g/mol. The number of nitrogens with one attached hydrogen (secondary N) is 1. The molecule has 6 nitrogen and oxygen atoms in total. The topological polar surface area (TPSA) is 55.5 Å². The Morgan fingerprint density at radius 3 is 2.84 bits per heavy atom.